The molecule has 2 fully saturated rings. The van der Waals surface area contributed by atoms with E-state index in [1.54, 1.807) is 4.90 Å². The molecule has 2 aliphatic rings. The first kappa shape index (κ1) is 19.3. The van der Waals surface area contributed by atoms with Crippen LogP contribution in [0.15, 0.2) is 12.1 Å². The fraction of sp³-hybridized carbons (Fsp3) is 0.556. The fourth-order valence-electron chi connectivity index (χ4n) is 3.11. The molecule has 2 heterocycles. The van der Waals surface area contributed by atoms with Crippen molar-refractivity contribution < 1.29 is 27.8 Å². The van der Waals surface area contributed by atoms with Crippen LogP contribution in [0.4, 0.5) is 25.0 Å². The van der Waals surface area contributed by atoms with Crippen LogP contribution in [0.1, 0.15) is 19.8 Å². The van der Waals surface area contributed by atoms with Crippen molar-refractivity contribution >= 4 is 23.4 Å². The number of carbonyl (C=O) groups excluding carboxylic acids is 2. The van der Waals surface area contributed by atoms with Crippen LogP contribution in [0.25, 0.3) is 0 Å². The molecule has 0 saturated carbocycles. The maximum atomic E-state index is 14.6. The van der Waals surface area contributed by atoms with E-state index in [9.17, 15) is 18.4 Å². The smallest absolute Gasteiger partial charge is 0.415 e. The molecule has 1 atom stereocenters. The Labute approximate surface area is 156 Å². The first-order valence-electron chi connectivity index (χ1n) is 9.09. The predicted molar refractivity (Wildman–Crippen MR) is 94.9 cm³/mol. The highest BCUT2D eigenvalue weighted by atomic mass is 19.1. The van der Waals surface area contributed by atoms with Gasteiger partial charge >= 0.3 is 6.09 Å². The molecular formula is C18H23F2N3O4. The summed E-state index contributed by atoms with van der Waals surface area (Å²) < 4.78 is 39.4. The van der Waals surface area contributed by atoms with Gasteiger partial charge in [0.1, 0.15) is 5.69 Å². The van der Waals surface area contributed by atoms with E-state index in [2.05, 4.69) is 5.32 Å². The van der Waals surface area contributed by atoms with Gasteiger partial charge in [-0.1, -0.05) is 13.3 Å². The number of ether oxygens (including phenoxy) is 2. The lowest BCUT2D eigenvalue weighted by molar-refractivity contribution is -0.127. The van der Waals surface area contributed by atoms with Crippen molar-refractivity contribution in [3.05, 3.63) is 23.8 Å². The summed E-state index contributed by atoms with van der Waals surface area (Å²) >= 11 is 0. The first-order chi connectivity index (χ1) is 13.0. The summed E-state index contributed by atoms with van der Waals surface area (Å²) in [6, 6.07) is 2.18. The third-order valence-electron chi connectivity index (χ3n) is 4.57. The molecule has 2 saturated heterocycles. The molecule has 9 heteroatoms. The maximum absolute atomic E-state index is 14.6. The summed E-state index contributed by atoms with van der Waals surface area (Å²) in [7, 11) is 0. The summed E-state index contributed by atoms with van der Waals surface area (Å²) in [6.07, 6.45) is -0.0663. The second-order valence-corrected chi connectivity index (χ2v) is 6.49. The SMILES string of the molecule is CCCCNC(=O)[C@H]1CN(c2cc(F)c(N3CCOCC3)c(F)c2)C(=O)O1. The van der Waals surface area contributed by atoms with Gasteiger partial charge in [0.05, 0.1) is 25.4 Å². The van der Waals surface area contributed by atoms with Crippen LogP contribution in [-0.4, -0.2) is 57.5 Å². The molecule has 27 heavy (non-hydrogen) atoms. The van der Waals surface area contributed by atoms with Crippen molar-refractivity contribution in [2.24, 2.45) is 0 Å². The fourth-order valence-corrected chi connectivity index (χ4v) is 3.11. The third-order valence-corrected chi connectivity index (χ3v) is 4.57. The summed E-state index contributed by atoms with van der Waals surface area (Å²) in [5.41, 5.74) is -0.112. The minimum Gasteiger partial charge on any atom is -0.434 e. The number of cyclic esters (lactones) is 1. The number of unbranched alkanes of at least 4 members (excludes halogenated alkanes) is 1. The second kappa shape index (κ2) is 8.51. The van der Waals surface area contributed by atoms with E-state index in [-0.39, 0.29) is 17.9 Å². The second-order valence-electron chi connectivity index (χ2n) is 6.49. The summed E-state index contributed by atoms with van der Waals surface area (Å²) in [5, 5.41) is 2.68. The van der Waals surface area contributed by atoms with Gasteiger partial charge in [-0.3, -0.25) is 9.69 Å². The monoisotopic (exact) mass is 383 g/mol. The largest absolute Gasteiger partial charge is 0.434 e. The van der Waals surface area contributed by atoms with Gasteiger partial charge in [-0.25, -0.2) is 13.6 Å². The van der Waals surface area contributed by atoms with Crippen LogP contribution in [0.3, 0.4) is 0 Å². The van der Waals surface area contributed by atoms with E-state index in [1.165, 1.54) is 0 Å². The number of hydrogen-bond donors (Lipinski definition) is 1. The minimum absolute atomic E-state index is 0.0240. The lowest BCUT2D eigenvalue weighted by atomic mass is 10.2. The zero-order valence-electron chi connectivity index (χ0n) is 15.2. The molecule has 0 unspecified atom stereocenters. The highest BCUT2D eigenvalue weighted by Gasteiger charge is 2.37. The molecule has 3 rings (SSSR count). The van der Waals surface area contributed by atoms with Crippen molar-refractivity contribution in [2.75, 3.05) is 49.2 Å². The summed E-state index contributed by atoms with van der Waals surface area (Å²) in [4.78, 5) is 26.8. The number of nitrogens with one attached hydrogen (secondary N) is 1. The van der Waals surface area contributed by atoms with Crippen molar-refractivity contribution in [1.82, 2.24) is 5.32 Å². The van der Waals surface area contributed by atoms with Gasteiger partial charge in [0.25, 0.3) is 5.91 Å². The molecule has 1 aromatic rings. The summed E-state index contributed by atoms with van der Waals surface area (Å²) in [6.45, 7) is 3.96. The van der Waals surface area contributed by atoms with Gasteiger partial charge in [-0.2, -0.15) is 0 Å². The van der Waals surface area contributed by atoms with E-state index < -0.39 is 29.7 Å². The van der Waals surface area contributed by atoms with Gasteiger partial charge in [0.2, 0.25) is 0 Å². The Balaban J connectivity index is 1.72. The van der Waals surface area contributed by atoms with Gasteiger partial charge < -0.3 is 19.7 Å². The predicted octanol–water partition coefficient (Wildman–Crippen LogP) is 2.04. The molecular weight excluding hydrogens is 360 g/mol. The van der Waals surface area contributed by atoms with Gasteiger partial charge in [0.15, 0.2) is 17.7 Å². The zero-order chi connectivity index (χ0) is 19.4. The van der Waals surface area contributed by atoms with Gasteiger partial charge in [0, 0.05) is 31.8 Å². The number of nitrogens with zero attached hydrogens (tertiary/aromatic N) is 2. The third kappa shape index (κ3) is 4.29. The Kier molecular flexibility index (Phi) is 6.10. The Hall–Kier alpha value is -2.42. The average Bonchev–Trinajstić information content (AvgIpc) is 3.04. The Morgan fingerprint density at radius 2 is 1.93 bits per heavy atom. The number of hydrogen-bond acceptors (Lipinski definition) is 5. The standard InChI is InChI=1S/C18H23F2N3O4/c1-2-3-4-21-17(24)15-11-23(18(25)27-15)12-9-13(19)16(14(20)10-12)22-5-7-26-8-6-22/h9-10,15H,2-8,11H2,1H3,(H,21,24)/t15-/m1/s1. The molecule has 0 spiro atoms. The van der Waals surface area contributed by atoms with Crippen molar-refractivity contribution in [2.45, 2.75) is 25.9 Å². The van der Waals surface area contributed by atoms with Crippen LogP contribution >= 0.6 is 0 Å². The average molecular weight is 383 g/mol. The number of benzene rings is 1. The van der Waals surface area contributed by atoms with Crippen LogP contribution in [0, 0.1) is 11.6 Å². The number of anilines is 2. The molecule has 1 aromatic carbocycles. The molecule has 0 radical (unpaired) electrons. The van der Waals surface area contributed by atoms with E-state index in [1.807, 2.05) is 6.92 Å². The van der Waals surface area contributed by atoms with E-state index >= 15 is 0 Å². The highest BCUT2D eigenvalue weighted by Crippen LogP contribution is 2.31. The lowest BCUT2D eigenvalue weighted by Gasteiger charge is -2.29. The number of amides is 2. The normalized spacial score (nSPS) is 20.0. The highest BCUT2D eigenvalue weighted by molar-refractivity contribution is 5.95. The zero-order valence-corrected chi connectivity index (χ0v) is 15.2. The molecule has 1 N–H and O–H groups in total. The van der Waals surface area contributed by atoms with Gasteiger partial charge in [-0.05, 0) is 6.42 Å². The molecule has 0 aliphatic carbocycles. The Bertz CT molecular complexity index is 687. The number of rotatable bonds is 6. The molecule has 7 nitrogen and oxygen atoms in total. The molecule has 148 valence electrons. The maximum Gasteiger partial charge on any atom is 0.415 e. The quantitative estimate of drug-likeness (QED) is 0.762. The van der Waals surface area contributed by atoms with Crippen molar-refractivity contribution in [3.8, 4) is 0 Å². The Morgan fingerprint density at radius 3 is 2.56 bits per heavy atom. The van der Waals surface area contributed by atoms with Crippen LogP contribution in [-0.2, 0) is 14.3 Å². The topological polar surface area (TPSA) is 71.1 Å². The van der Waals surface area contributed by atoms with Gasteiger partial charge in [-0.15, -0.1) is 0 Å². The molecule has 0 aromatic heterocycles. The van der Waals surface area contributed by atoms with Crippen molar-refractivity contribution in [1.29, 1.82) is 0 Å². The summed E-state index contributed by atoms with van der Waals surface area (Å²) in [5.74, 6) is -1.95. The Morgan fingerprint density at radius 1 is 1.26 bits per heavy atom. The minimum atomic E-state index is -1.00. The van der Waals surface area contributed by atoms with Crippen LogP contribution in [0.2, 0.25) is 0 Å². The lowest BCUT2D eigenvalue weighted by Crippen LogP contribution is -2.38. The number of halogens is 2. The van der Waals surface area contributed by atoms with E-state index in [0.29, 0.717) is 32.8 Å². The van der Waals surface area contributed by atoms with Crippen LogP contribution < -0.4 is 15.1 Å². The molecule has 0 bridgehead atoms. The van der Waals surface area contributed by atoms with E-state index in [4.69, 9.17) is 9.47 Å². The van der Waals surface area contributed by atoms with Crippen molar-refractivity contribution in [3.63, 3.8) is 0 Å². The number of carbonyl (C=O) groups is 2. The number of morpholine rings is 1. The molecule has 2 amide bonds. The van der Waals surface area contributed by atoms with Crippen LogP contribution in [0.5, 0.6) is 0 Å². The molecule has 2 aliphatic heterocycles. The first-order valence-corrected chi connectivity index (χ1v) is 9.09. The van der Waals surface area contributed by atoms with E-state index in [0.717, 1.165) is 29.9 Å².